The van der Waals surface area contributed by atoms with Crippen LogP contribution in [0.5, 0.6) is 11.5 Å². The molecule has 0 radical (unpaired) electrons. The Kier molecular flexibility index (Phi) is 4.24. The zero-order valence-electron chi connectivity index (χ0n) is 14.3. The Morgan fingerprint density at radius 2 is 1.85 bits per heavy atom. The summed E-state index contributed by atoms with van der Waals surface area (Å²) in [4.78, 5) is 12.4. The first-order valence-electron chi connectivity index (χ1n) is 8.22. The molecule has 0 aliphatic carbocycles. The second kappa shape index (κ2) is 6.72. The molecule has 0 bridgehead atoms. The van der Waals surface area contributed by atoms with E-state index in [2.05, 4.69) is 0 Å². The van der Waals surface area contributed by atoms with Crippen molar-refractivity contribution >= 4 is 11.9 Å². The van der Waals surface area contributed by atoms with E-state index in [9.17, 15) is 13.6 Å². The number of furan rings is 1. The molecule has 1 aliphatic rings. The van der Waals surface area contributed by atoms with E-state index in [1.54, 1.807) is 31.2 Å². The van der Waals surface area contributed by atoms with Crippen molar-refractivity contribution in [3.8, 4) is 11.5 Å². The van der Waals surface area contributed by atoms with Gasteiger partial charge in [0.15, 0.2) is 5.76 Å². The lowest BCUT2D eigenvalue weighted by atomic mass is 10.1. The lowest BCUT2D eigenvalue weighted by Crippen LogP contribution is -2.01. The summed E-state index contributed by atoms with van der Waals surface area (Å²) < 4.78 is 43.8. The molecule has 0 saturated carbocycles. The van der Waals surface area contributed by atoms with E-state index in [0.29, 0.717) is 22.8 Å². The molecule has 4 rings (SSSR count). The fraction of sp³-hybridized carbons (Fsp3) is 0.0952. The molecule has 2 heterocycles. The van der Waals surface area contributed by atoms with Gasteiger partial charge in [-0.1, -0.05) is 6.07 Å². The number of hydrogen-bond acceptors (Lipinski definition) is 4. The lowest BCUT2D eigenvalue weighted by molar-refractivity contribution is 0.101. The average molecular weight is 368 g/mol. The zero-order chi connectivity index (χ0) is 19.0. The van der Waals surface area contributed by atoms with Crippen molar-refractivity contribution in [2.75, 3.05) is 0 Å². The highest BCUT2D eigenvalue weighted by molar-refractivity contribution is 6.14. The minimum Gasteiger partial charge on any atom is -0.489 e. The van der Waals surface area contributed by atoms with Gasteiger partial charge < -0.3 is 13.9 Å². The van der Waals surface area contributed by atoms with Crippen molar-refractivity contribution in [1.29, 1.82) is 0 Å². The number of halogens is 2. The van der Waals surface area contributed by atoms with Crippen LogP contribution in [0.1, 0.15) is 27.4 Å². The van der Waals surface area contributed by atoms with Gasteiger partial charge in [-0.2, -0.15) is 0 Å². The Hall–Kier alpha value is -3.41. The summed E-state index contributed by atoms with van der Waals surface area (Å²) in [5.41, 5.74) is 0.220. The SMILES string of the molecule is Cc1ccc(/C=C2\Oc3cc(OCc4c(F)cccc4F)ccc3C2=O)o1. The van der Waals surface area contributed by atoms with E-state index >= 15 is 0 Å². The first-order chi connectivity index (χ1) is 13.0. The standard InChI is InChI=1S/C21H14F2O4/c1-12-5-6-14(26-12)10-20-21(24)15-8-7-13(9-19(15)27-20)25-11-16-17(22)3-2-4-18(16)23/h2-10H,11H2,1H3/b20-10-. The Labute approximate surface area is 153 Å². The van der Waals surface area contributed by atoms with Crippen LogP contribution in [0, 0.1) is 18.6 Å². The molecule has 0 spiro atoms. The summed E-state index contributed by atoms with van der Waals surface area (Å²) in [6.45, 7) is 1.52. The molecule has 1 aromatic heterocycles. The summed E-state index contributed by atoms with van der Waals surface area (Å²) in [6.07, 6.45) is 1.52. The molecule has 0 amide bonds. The molecule has 2 aromatic carbocycles. The van der Waals surface area contributed by atoms with Gasteiger partial charge in [0.25, 0.3) is 0 Å². The number of rotatable bonds is 4. The van der Waals surface area contributed by atoms with Crippen molar-refractivity contribution in [3.63, 3.8) is 0 Å². The predicted octanol–water partition coefficient (Wildman–Crippen LogP) is 5.06. The highest BCUT2D eigenvalue weighted by atomic mass is 19.1. The Balaban J connectivity index is 1.53. The molecule has 1 aliphatic heterocycles. The van der Waals surface area contributed by atoms with E-state index in [1.165, 1.54) is 30.3 Å². The van der Waals surface area contributed by atoms with Gasteiger partial charge in [0, 0.05) is 12.1 Å². The summed E-state index contributed by atoms with van der Waals surface area (Å²) in [5, 5.41) is 0. The normalized spacial score (nSPS) is 14.3. The van der Waals surface area contributed by atoms with Crippen molar-refractivity contribution in [1.82, 2.24) is 0 Å². The van der Waals surface area contributed by atoms with Crippen LogP contribution in [0.2, 0.25) is 0 Å². The Bertz CT molecular complexity index is 1050. The van der Waals surface area contributed by atoms with Gasteiger partial charge in [-0.05, 0) is 43.3 Å². The second-order valence-electron chi connectivity index (χ2n) is 6.04. The van der Waals surface area contributed by atoms with Gasteiger partial charge in [-0.25, -0.2) is 8.78 Å². The summed E-state index contributed by atoms with van der Waals surface area (Å²) in [5.74, 6) is 0.391. The molecule has 0 unspecified atom stereocenters. The van der Waals surface area contributed by atoms with Crippen molar-refractivity contribution in [3.05, 3.63) is 88.6 Å². The molecule has 3 aromatic rings. The topological polar surface area (TPSA) is 48.7 Å². The third-order valence-electron chi connectivity index (χ3n) is 4.12. The number of aryl methyl sites for hydroxylation is 1. The van der Waals surface area contributed by atoms with Crippen LogP contribution in [0.3, 0.4) is 0 Å². The van der Waals surface area contributed by atoms with Gasteiger partial charge in [0.1, 0.15) is 41.3 Å². The number of allylic oxidation sites excluding steroid dienone is 1. The monoisotopic (exact) mass is 368 g/mol. The first-order valence-corrected chi connectivity index (χ1v) is 8.22. The van der Waals surface area contributed by atoms with E-state index in [1.807, 2.05) is 0 Å². The smallest absolute Gasteiger partial charge is 0.232 e. The highest BCUT2D eigenvalue weighted by Crippen LogP contribution is 2.35. The van der Waals surface area contributed by atoms with Crippen LogP contribution in [0.4, 0.5) is 8.78 Å². The fourth-order valence-corrected chi connectivity index (χ4v) is 2.74. The van der Waals surface area contributed by atoms with E-state index in [0.717, 1.165) is 5.76 Å². The molecule has 0 N–H and O–H groups in total. The maximum Gasteiger partial charge on any atom is 0.232 e. The maximum atomic E-state index is 13.7. The number of ketones is 1. The third kappa shape index (κ3) is 3.33. The molecule has 4 nitrogen and oxygen atoms in total. The minimum absolute atomic E-state index is 0.136. The molecule has 27 heavy (non-hydrogen) atoms. The van der Waals surface area contributed by atoms with Crippen LogP contribution < -0.4 is 9.47 Å². The number of carbonyl (C=O) groups is 1. The van der Waals surface area contributed by atoms with Gasteiger partial charge >= 0.3 is 0 Å². The molecule has 0 saturated heterocycles. The van der Waals surface area contributed by atoms with Gasteiger partial charge in [0.2, 0.25) is 5.78 Å². The molecule has 6 heteroatoms. The molecular weight excluding hydrogens is 354 g/mol. The summed E-state index contributed by atoms with van der Waals surface area (Å²) >= 11 is 0. The first kappa shape index (κ1) is 17.0. The van der Waals surface area contributed by atoms with Gasteiger partial charge in [-0.3, -0.25) is 4.79 Å². The number of fused-ring (bicyclic) bond motifs is 1. The predicted molar refractivity (Wildman–Crippen MR) is 93.5 cm³/mol. The van der Waals surface area contributed by atoms with Crippen molar-refractivity contribution < 1.29 is 27.5 Å². The number of Topliss-reactive ketones (excluding diaryl/α,β-unsaturated/α-hetero) is 1. The largest absolute Gasteiger partial charge is 0.489 e. The number of carbonyl (C=O) groups excluding carboxylic acids is 1. The molecular formula is C21H14F2O4. The lowest BCUT2D eigenvalue weighted by Gasteiger charge is -2.09. The van der Waals surface area contributed by atoms with E-state index < -0.39 is 11.6 Å². The number of benzene rings is 2. The Morgan fingerprint density at radius 3 is 2.56 bits per heavy atom. The summed E-state index contributed by atoms with van der Waals surface area (Å²) in [6, 6.07) is 11.8. The van der Waals surface area contributed by atoms with Crippen molar-refractivity contribution in [2.45, 2.75) is 13.5 Å². The minimum atomic E-state index is -0.679. The maximum absolute atomic E-state index is 13.7. The van der Waals surface area contributed by atoms with Crippen LogP contribution in [-0.4, -0.2) is 5.78 Å². The Morgan fingerprint density at radius 1 is 1.07 bits per heavy atom. The highest BCUT2D eigenvalue weighted by Gasteiger charge is 2.28. The average Bonchev–Trinajstić information content (AvgIpc) is 3.18. The second-order valence-corrected chi connectivity index (χ2v) is 6.04. The molecule has 0 fully saturated rings. The molecule has 136 valence electrons. The zero-order valence-corrected chi connectivity index (χ0v) is 14.3. The van der Waals surface area contributed by atoms with Crippen LogP contribution in [0.15, 0.2) is 58.7 Å². The van der Waals surface area contributed by atoms with Crippen LogP contribution in [0.25, 0.3) is 6.08 Å². The van der Waals surface area contributed by atoms with Gasteiger partial charge in [-0.15, -0.1) is 0 Å². The molecule has 0 atom stereocenters. The van der Waals surface area contributed by atoms with E-state index in [4.69, 9.17) is 13.9 Å². The number of hydrogen-bond donors (Lipinski definition) is 0. The third-order valence-corrected chi connectivity index (χ3v) is 4.12. The van der Waals surface area contributed by atoms with Crippen LogP contribution in [-0.2, 0) is 6.61 Å². The summed E-state index contributed by atoms with van der Waals surface area (Å²) in [7, 11) is 0. The fourth-order valence-electron chi connectivity index (χ4n) is 2.74. The number of ether oxygens (including phenoxy) is 2. The van der Waals surface area contributed by atoms with Crippen LogP contribution >= 0.6 is 0 Å². The van der Waals surface area contributed by atoms with Crippen molar-refractivity contribution in [2.24, 2.45) is 0 Å². The van der Waals surface area contributed by atoms with Gasteiger partial charge in [0.05, 0.1) is 11.1 Å². The quantitative estimate of drug-likeness (QED) is 0.604. The van der Waals surface area contributed by atoms with E-state index in [-0.39, 0.29) is 23.7 Å².